The van der Waals surface area contributed by atoms with Gasteiger partial charge in [-0.1, -0.05) is 12.8 Å². The van der Waals surface area contributed by atoms with Gasteiger partial charge < -0.3 is 14.2 Å². The first kappa shape index (κ1) is 16.9. The zero-order chi connectivity index (χ0) is 17.1. The van der Waals surface area contributed by atoms with Crippen LogP contribution in [0.3, 0.4) is 0 Å². The van der Waals surface area contributed by atoms with E-state index in [-0.39, 0.29) is 5.92 Å². The fourth-order valence-corrected chi connectivity index (χ4v) is 4.14. The highest BCUT2D eigenvalue weighted by molar-refractivity contribution is 6.03. The highest BCUT2D eigenvalue weighted by Crippen LogP contribution is 2.42. The number of allylic oxidation sites excluding steroid dienone is 1. The molecule has 1 aromatic rings. The molecule has 1 aromatic carbocycles. The van der Waals surface area contributed by atoms with Gasteiger partial charge in [0.05, 0.1) is 21.3 Å². The van der Waals surface area contributed by atoms with Crippen molar-refractivity contribution in [2.24, 2.45) is 11.8 Å². The molecule has 0 aliphatic heterocycles. The molecule has 130 valence electrons. The number of Topliss-reactive ketones (excluding diaryl/α,β-unsaturated/α-hetero) is 1. The van der Waals surface area contributed by atoms with E-state index < -0.39 is 0 Å². The minimum absolute atomic E-state index is 0.237. The zero-order valence-corrected chi connectivity index (χ0v) is 14.8. The summed E-state index contributed by atoms with van der Waals surface area (Å²) in [7, 11) is 4.79. The number of ether oxygens (including phenoxy) is 3. The Hall–Kier alpha value is -1.97. The second-order valence-corrected chi connectivity index (χ2v) is 6.68. The number of ketones is 1. The molecular formula is C20H26O4. The molecule has 2 aliphatic rings. The van der Waals surface area contributed by atoms with Crippen molar-refractivity contribution in [2.75, 3.05) is 21.3 Å². The van der Waals surface area contributed by atoms with Gasteiger partial charge in [-0.25, -0.2) is 0 Å². The third-order valence-corrected chi connectivity index (χ3v) is 5.37. The van der Waals surface area contributed by atoms with Crippen molar-refractivity contribution in [2.45, 2.75) is 38.5 Å². The average Bonchev–Trinajstić information content (AvgIpc) is 3.24. The number of methoxy groups -OCH3 is 3. The van der Waals surface area contributed by atoms with Crippen molar-refractivity contribution >= 4 is 11.9 Å². The standard InChI is InChI=1S/C20H26O4/c1-22-17-11-13(12-18(23-2)20(17)24-3)10-15-8-9-16(19(15)21)14-6-4-5-7-14/h10-12,14,16H,4-9H2,1-3H3/b15-10+/t16-/m0/s1. The van der Waals surface area contributed by atoms with Crippen LogP contribution in [-0.4, -0.2) is 27.1 Å². The van der Waals surface area contributed by atoms with E-state index >= 15 is 0 Å². The van der Waals surface area contributed by atoms with E-state index in [2.05, 4.69) is 0 Å². The summed E-state index contributed by atoms with van der Waals surface area (Å²) in [6, 6.07) is 3.79. The third kappa shape index (κ3) is 3.14. The summed E-state index contributed by atoms with van der Waals surface area (Å²) in [6.45, 7) is 0. The first-order chi connectivity index (χ1) is 11.7. The van der Waals surface area contributed by atoms with Crippen LogP contribution in [0.25, 0.3) is 6.08 Å². The SMILES string of the molecule is COc1cc(/C=C2\CC[C@@H](C3CCCC3)C2=O)cc(OC)c1OC. The number of carbonyl (C=O) groups excluding carboxylic acids is 1. The predicted octanol–water partition coefficient (Wildman–Crippen LogP) is 4.27. The number of benzene rings is 1. The quantitative estimate of drug-likeness (QED) is 0.757. The van der Waals surface area contributed by atoms with Gasteiger partial charge in [0.1, 0.15) is 0 Å². The number of rotatable bonds is 5. The number of carbonyl (C=O) groups is 1. The summed E-state index contributed by atoms with van der Waals surface area (Å²) < 4.78 is 16.1. The summed E-state index contributed by atoms with van der Waals surface area (Å²) in [5.74, 6) is 2.98. The lowest BCUT2D eigenvalue weighted by Crippen LogP contribution is -2.16. The fraction of sp³-hybridized carbons (Fsp3) is 0.550. The molecule has 0 heterocycles. The molecule has 2 fully saturated rings. The van der Waals surface area contributed by atoms with E-state index in [9.17, 15) is 4.79 Å². The smallest absolute Gasteiger partial charge is 0.203 e. The van der Waals surface area contributed by atoms with Crippen LogP contribution in [0.4, 0.5) is 0 Å². The summed E-state index contributed by atoms with van der Waals surface area (Å²) in [5, 5.41) is 0. The van der Waals surface area contributed by atoms with Crippen LogP contribution >= 0.6 is 0 Å². The maximum absolute atomic E-state index is 12.8. The van der Waals surface area contributed by atoms with Gasteiger partial charge in [0.25, 0.3) is 0 Å². The molecule has 2 aliphatic carbocycles. The first-order valence-electron chi connectivity index (χ1n) is 8.72. The van der Waals surface area contributed by atoms with Crippen LogP contribution in [0.5, 0.6) is 17.2 Å². The Morgan fingerprint density at radius 3 is 2.12 bits per heavy atom. The normalized spacial score (nSPS) is 23.0. The van der Waals surface area contributed by atoms with E-state index in [0.717, 1.165) is 24.0 Å². The van der Waals surface area contributed by atoms with Crippen molar-refractivity contribution in [1.82, 2.24) is 0 Å². The Bertz CT molecular complexity index is 616. The molecule has 0 radical (unpaired) electrons. The van der Waals surface area contributed by atoms with Gasteiger partial charge in [-0.3, -0.25) is 4.79 Å². The van der Waals surface area contributed by atoms with Crippen molar-refractivity contribution < 1.29 is 19.0 Å². The van der Waals surface area contributed by atoms with Crippen LogP contribution in [0.15, 0.2) is 17.7 Å². The van der Waals surface area contributed by atoms with E-state index in [1.54, 1.807) is 21.3 Å². The first-order valence-corrected chi connectivity index (χ1v) is 8.72. The Morgan fingerprint density at radius 1 is 0.958 bits per heavy atom. The molecular weight excluding hydrogens is 304 g/mol. The second kappa shape index (κ2) is 7.29. The van der Waals surface area contributed by atoms with Gasteiger partial charge in [-0.15, -0.1) is 0 Å². The Kier molecular flexibility index (Phi) is 5.12. The van der Waals surface area contributed by atoms with E-state index in [0.29, 0.717) is 28.9 Å². The van der Waals surface area contributed by atoms with E-state index in [1.807, 2.05) is 18.2 Å². The molecule has 24 heavy (non-hydrogen) atoms. The third-order valence-electron chi connectivity index (χ3n) is 5.37. The number of hydrogen-bond acceptors (Lipinski definition) is 4. The maximum atomic E-state index is 12.8. The lowest BCUT2D eigenvalue weighted by Gasteiger charge is -2.15. The van der Waals surface area contributed by atoms with Crippen LogP contribution in [0.1, 0.15) is 44.1 Å². The van der Waals surface area contributed by atoms with Gasteiger partial charge in [0.2, 0.25) is 5.75 Å². The minimum atomic E-state index is 0.237. The zero-order valence-electron chi connectivity index (χ0n) is 14.8. The monoisotopic (exact) mass is 330 g/mol. The van der Waals surface area contributed by atoms with Crippen LogP contribution in [-0.2, 0) is 4.79 Å². The van der Waals surface area contributed by atoms with E-state index in [1.165, 1.54) is 25.7 Å². The topological polar surface area (TPSA) is 44.8 Å². The van der Waals surface area contributed by atoms with Crippen molar-refractivity contribution in [3.63, 3.8) is 0 Å². The molecule has 0 amide bonds. The maximum Gasteiger partial charge on any atom is 0.203 e. The number of hydrogen-bond donors (Lipinski definition) is 0. The Morgan fingerprint density at radius 2 is 1.58 bits per heavy atom. The molecule has 0 saturated heterocycles. The average molecular weight is 330 g/mol. The van der Waals surface area contributed by atoms with Gasteiger partial charge in [0.15, 0.2) is 17.3 Å². The lowest BCUT2D eigenvalue weighted by atomic mass is 9.88. The summed E-state index contributed by atoms with van der Waals surface area (Å²) >= 11 is 0. The van der Waals surface area contributed by atoms with Crippen LogP contribution < -0.4 is 14.2 Å². The second-order valence-electron chi connectivity index (χ2n) is 6.68. The molecule has 0 unspecified atom stereocenters. The van der Waals surface area contributed by atoms with E-state index in [4.69, 9.17) is 14.2 Å². The molecule has 2 saturated carbocycles. The molecule has 0 bridgehead atoms. The molecule has 3 rings (SSSR count). The predicted molar refractivity (Wildman–Crippen MR) is 93.8 cm³/mol. The summed E-state index contributed by atoms with van der Waals surface area (Å²) in [5.41, 5.74) is 1.85. The van der Waals surface area contributed by atoms with Crippen molar-refractivity contribution in [3.8, 4) is 17.2 Å². The minimum Gasteiger partial charge on any atom is -0.493 e. The van der Waals surface area contributed by atoms with Crippen molar-refractivity contribution in [1.29, 1.82) is 0 Å². The Balaban J connectivity index is 1.87. The molecule has 4 nitrogen and oxygen atoms in total. The molecule has 0 aromatic heterocycles. The van der Waals surface area contributed by atoms with Crippen molar-refractivity contribution in [3.05, 3.63) is 23.3 Å². The summed E-state index contributed by atoms with van der Waals surface area (Å²) in [4.78, 5) is 12.8. The molecule has 0 N–H and O–H groups in total. The van der Waals surface area contributed by atoms with Gasteiger partial charge >= 0.3 is 0 Å². The van der Waals surface area contributed by atoms with Gasteiger partial charge in [-0.2, -0.15) is 0 Å². The fourth-order valence-electron chi connectivity index (χ4n) is 4.14. The van der Waals surface area contributed by atoms with Gasteiger partial charge in [-0.05, 0) is 60.9 Å². The Labute approximate surface area is 143 Å². The largest absolute Gasteiger partial charge is 0.493 e. The molecule has 4 heteroatoms. The van der Waals surface area contributed by atoms with Crippen LogP contribution in [0.2, 0.25) is 0 Å². The highest BCUT2D eigenvalue weighted by Gasteiger charge is 2.36. The molecule has 1 atom stereocenters. The van der Waals surface area contributed by atoms with Gasteiger partial charge in [0, 0.05) is 5.92 Å². The lowest BCUT2D eigenvalue weighted by molar-refractivity contribution is -0.119. The van der Waals surface area contributed by atoms with Crippen LogP contribution in [0, 0.1) is 11.8 Å². The highest BCUT2D eigenvalue weighted by atomic mass is 16.5. The molecule has 0 spiro atoms. The summed E-state index contributed by atoms with van der Waals surface area (Å²) in [6.07, 6.45) is 8.85.